The van der Waals surface area contributed by atoms with E-state index < -0.39 is 23.0 Å². The van der Waals surface area contributed by atoms with Crippen LogP contribution in [-0.2, 0) is 19.1 Å². The summed E-state index contributed by atoms with van der Waals surface area (Å²) in [6, 6.07) is 33.1. The molecule has 0 saturated carbocycles. The third-order valence-electron chi connectivity index (χ3n) is 8.19. The molecule has 2 aliphatic carbocycles. The first kappa shape index (κ1) is 28.0. The Hall–Kier alpha value is -4.18. The molecular weight excluding hydrogens is 520 g/mol. The number of carbonyl (C=O) groups is 2. The van der Waals surface area contributed by atoms with Crippen molar-refractivity contribution in [1.29, 1.82) is 0 Å². The maximum absolute atomic E-state index is 13.8. The molecule has 0 spiro atoms. The second-order valence-electron chi connectivity index (χ2n) is 13.4. The maximum Gasteiger partial charge on any atom is 0.318 e. The van der Waals surface area contributed by atoms with Gasteiger partial charge < -0.3 is 9.47 Å². The molecule has 0 heterocycles. The molecule has 0 unspecified atom stereocenters. The lowest BCUT2D eigenvalue weighted by molar-refractivity contribution is -0.156. The predicted molar refractivity (Wildman–Crippen MR) is 165 cm³/mol. The minimum absolute atomic E-state index is 0.0713. The highest BCUT2D eigenvalue weighted by Crippen LogP contribution is 2.56. The Morgan fingerprint density at radius 1 is 0.429 bits per heavy atom. The van der Waals surface area contributed by atoms with Gasteiger partial charge in [-0.3, -0.25) is 9.59 Å². The van der Waals surface area contributed by atoms with E-state index in [2.05, 4.69) is 72.8 Å². The number of fused-ring (bicyclic) bond motifs is 4. The van der Waals surface area contributed by atoms with Crippen molar-refractivity contribution in [2.24, 2.45) is 0 Å². The molecule has 4 heteroatoms. The van der Waals surface area contributed by atoms with Crippen molar-refractivity contribution in [3.05, 3.63) is 142 Å². The molecule has 4 aromatic carbocycles. The maximum atomic E-state index is 13.8. The molecule has 42 heavy (non-hydrogen) atoms. The zero-order chi connectivity index (χ0) is 29.8. The van der Waals surface area contributed by atoms with Crippen LogP contribution in [-0.4, -0.2) is 23.1 Å². The Morgan fingerprint density at radius 3 is 0.857 bits per heavy atom. The lowest BCUT2D eigenvalue weighted by atomic mass is 9.61. The second-order valence-corrected chi connectivity index (χ2v) is 13.4. The van der Waals surface area contributed by atoms with Gasteiger partial charge in [0.1, 0.15) is 23.0 Å². The van der Waals surface area contributed by atoms with Crippen molar-refractivity contribution >= 4 is 11.9 Å². The van der Waals surface area contributed by atoms with Gasteiger partial charge in [0.15, 0.2) is 0 Å². The predicted octanol–water partition coefficient (Wildman–Crippen LogP) is 8.22. The third-order valence-corrected chi connectivity index (χ3v) is 8.19. The molecule has 0 atom stereocenters. The smallest absolute Gasteiger partial charge is 0.318 e. The fourth-order valence-corrected chi connectivity index (χ4v) is 6.85. The molecule has 0 saturated heterocycles. The number of carbonyl (C=O) groups excluding carboxylic acids is 2. The number of esters is 2. The average Bonchev–Trinajstić information content (AvgIpc) is 2.92. The van der Waals surface area contributed by atoms with E-state index in [0.717, 1.165) is 44.5 Å². The van der Waals surface area contributed by atoms with Gasteiger partial charge in [0.05, 0.1) is 0 Å². The highest BCUT2D eigenvalue weighted by atomic mass is 16.6. The molecule has 6 rings (SSSR count). The zero-order valence-corrected chi connectivity index (χ0v) is 25.2. The Kier molecular flexibility index (Phi) is 6.84. The summed E-state index contributed by atoms with van der Waals surface area (Å²) in [4.78, 5) is 27.6. The van der Waals surface area contributed by atoms with E-state index in [1.54, 1.807) is 0 Å². The van der Waals surface area contributed by atoms with E-state index in [1.807, 2.05) is 65.8 Å². The van der Waals surface area contributed by atoms with Gasteiger partial charge in [0.25, 0.3) is 0 Å². The summed E-state index contributed by atoms with van der Waals surface area (Å²) < 4.78 is 11.9. The quantitative estimate of drug-likeness (QED) is 0.238. The van der Waals surface area contributed by atoms with Crippen LogP contribution in [0.1, 0.15) is 110 Å². The second kappa shape index (κ2) is 10.3. The molecule has 4 aromatic rings. The molecule has 0 amide bonds. The van der Waals surface area contributed by atoms with Crippen molar-refractivity contribution in [3.63, 3.8) is 0 Å². The van der Waals surface area contributed by atoms with E-state index in [1.165, 1.54) is 0 Å². The summed E-state index contributed by atoms with van der Waals surface area (Å²) in [6.07, 6.45) is 0. The van der Waals surface area contributed by atoms with E-state index in [0.29, 0.717) is 0 Å². The van der Waals surface area contributed by atoms with Gasteiger partial charge in [-0.05, 0) is 86.1 Å². The van der Waals surface area contributed by atoms with Crippen LogP contribution in [0, 0.1) is 0 Å². The largest absolute Gasteiger partial charge is 0.459 e. The summed E-state index contributed by atoms with van der Waals surface area (Å²) in [7, 11) is 0. The van der Waals surface area contributed by atoms with Crippen LogP contribution < -0.4 is 0 Å². The molecule has 0 aliphatic heterocycles. The van der Waals surface area contributed by atoms with Crippen molar-refractivity contribution in [2.75, 3.05) is 0 Å². The number of hydrogen-bond donors (Lipinski definition) is 0. The fraction of sp³-hybridized carbons (Fsp3) is 0.316. The van der Waals surface area contributed by atoms with Gasteiger partial charge in [0, 0.05) is 11.8 Å². The molecule has 0 radical (unpaired) electrons. The van der Waals surface area contributed by atoms with Gasteiger partial charge in [-0.2, -0.15) is 0 Å². The van der Waals surface area contributed by atoms with Gasteiger partial charge in [0.2, 0.25) is 0 Å². The third kappa shape index (κ3) is 4.93. The van der Waals surface area contributed by atoms with Crippen LogP contribution in [0.3, 0.4) is 0 Å². The number of benzene rings is 4. The van der Waals surface area contributed by atoms with Crippen LogP contribution in [0.15, 0.2) is 97.1 Å². The highest BCUT2D eigenvalue weighted by molar-refractivity contribution is 5.87. The first-order valence-electron chi connectivity index (χ1n) is 14.8. The van der Waals surface area contributed by atoms with Crippen LogP contribution in [0.5, 0.6) is 0 Å². The summed E-state index contributed by atoms with van der Waals surface area (Å²) >= 11 is 0. The van der Waals surface area contributed by atoms with Crippen molar-refractivity contribution < 1.29 is 19.1 Å². The summed E-state index contributed by atoms with van der Waals surface area (Å²) in [5, 5.41) is 0. The molecule has 4 nitrogen and oxygen atoms in total. The van der Waals surface area contributed by atoms with E-state index in [4.69, 9.17) is 9.47 Å². The lowest BCUT2D eigenvalue weighted by Crippen LogP contribution is -2.35. The Bertz CT molecular complexity index is 1450. The number of rotatable bonds is 3. The van der Waals surface area contributed by atoms with E-state index in [9.17, 15) is 9.59 Å². The molecule has 214 valence electrons. The van der Waals surface area contributed by atoms with Gasteiger partial charge in [-0.25, -0.2) is 0 Å². The fourth-order valence-electron chi connectivity index (χ4n) is 6.85. The number of hydrogen-bond acceptors (Lipinski definition) is 4. The van der Waals surface area contributed by atoms with Crippen LogP contribution in [0.4, 0.5) is 0 Å². The molecule has 2 aliphatic rings. The first-order valence-corrected chi connectivity index (χ1v) is 14.8. The van der Waals surface area contributed by atoms with Crippen molar-refractivity contribution in [1.82, 2.24) is 0 Å². The first-order chi connectivity index (χ1) is 19.9. The Balaban J connectivity index is 1.57. The zero-order valence-electron chi connectivity index (χ0n) is 25.2. The van der Waals surface area contributed by atoms with Crippen LogP contribution in [0.25, 0.3) is 0 Å². The normalized spacial score (nSPS) is 20.8. The summed E-state index contributed by atoms with van der Waals surface area (Å²) in [5.41, 5.74) is 7.12. The van der Waals surface area contributed by atoms with Crippen molar-refractivity contribution in [2.45, 2.75) is 76.4 Å². The molecular formula is C38H38O4. The monoisotopic (exact) mass is 558 g/mol. The summed E-state index contributed by atoms with van der Waals surface area (Å²) in [5.74, 6) is -1.66. The molecule has 0 bridgehead atoms. The standard InChI is InChI=1S/C38H38O4/c1-37(2,3)41-35(39)33-27-19-11-7-15-23(27)31(24-16-8-12-20-28(24)33)32-25-17-9-13-21-29(25)34(36(40)42-38(4,5)6)30-22-14-10-18-26(30)32/h7-22,31-34H,1-6H3. The van der Waals surface area contributed by atoms with Crippen LogP contribution in [0.2, 0.25) is 0 Å². The molecule has 0 fully saturated rings. The van der Waals surface area contributed by atoms with Gasteiger partial charge >= 0.3 is 11.9 Å². The van der Waals surface area contributed by atoms with E-state index in [-0.39, 0.29) is 23.8 Å². The lowest BCUT2D eigenvalue weighted by Gasteiger charge is -2.42. The number of ether oxygens (including phenoxy) is 2. The molecule has 0 N–H and O–H groups in total. The Morgan fingerprint density at radius 2 is 0.643 bits per heavy atom. The Labute approximate surface area is 248 Å². The minimum Gasteiger partial charge on any atom is -0.459 e. The minimum atomic E-state index is -0.601. The average molecular weight is 559 g/mol. The SMILES string of the molecule is CC(C)(C)OC(=O)C1c2ccccc2C(C2c3ccccc3C(C(=O)OC(C)(C)C)c3ccccc32)c2ccccc21. The molecule has 0 aromatic heterocycles. The van der Waals surface area contributed by atoms with Gasteiger partial charge in [-0.15, -0.1) is 0 Å². The van der Waals surface area contributed by atoms with Crippen LogP contribution >= 0.6 is 0 Å². The van der Waals surface area contributed by atoms with Crippen molar-refractivity contribution in [3.8, 4) is 0 Å². The summed E-state index contributed by atoms with van der Waals surface area (Å²) in [6.45, 7) is 11.4. The van der Waals surface area contributed by atoms with Gasteiger partial charge in [-0.1, -0.05) is 97.1 Å². The topological polar surface area (TPSA) is 52.6 Å². The highest BCUT2D eigenvalue weighted by Gasteiger charge is 2.46. The van der Waals surface area contributed by atoms with E-state index >= 15 is 0 Å².